The third-order valence-corrected chi connectivity index (χ3v) is 6.37. The van der Waals surface area contributed by atoms with Crippen LogP contribution in [0, 0.1) is 17.0 Å². The smallest absolute Gasteiger partial charge is 0.252 e. The van der Waals surface area contributed by atoms with Crippen molar-refractivity contribution in [3.8, 4) is 11.1 Å². The van der Waals surface area contributed by atoms with Crippen LogP contribution >= 0.6 is 11.8 Å². The second-order valence-electron chi connectivity index (χ2n) is 7.28. The number of benzene rings is 1. The minimum atomic E-state index is -0.935. The highest BCUT2D eigenvalue weighted by atomic mass is 32.2. The zero-order chi connectivity index (χ0) is 21.7. The number of hydrogen-bond donors (Lipinski definition) is 2. The van der Waals surface area contributed by atoms with Gasteiger partial charge in [0.05, 0.1) is 5.03 Å². The first-order chi connectivity index (χ1) is 14.5. The summed E-state index contributed by atoms with van der Waals surface area (Å²) in [5.74, 6) is 3.52. The molecule has 0 bridgehead atoms. The van der Waals surface area contributed by atoms with E-state index in [1.54, 1.807) is 6.07 Å². The molecular weight excluding hydrogens is 408 g/mol. The summed E-state index contributed by atoms with van der Waals surface area (Å²) < 4.78 is 29.0. The molecule has 1 aliphatic rings. The third kappa shape index (κ3) is 4.61. The van der Waals surface area contributed by atoms with Crippen molar-refractivity contribution in [2.45, 2.75) is 56.5 Å². The Kier molecular flexibility index (Phi) is 7.36. The molecule has 1 aromatic heterocycles. The Morgan fingerprint density at radius 1 is 1.23 bits per heavy atom. The van der Waals surface area contributed by atoms with E-state index < -0.39 is 17.7 Å². The Balaban J connectivity index is 2.07. The molecule has 0 fully saturated rings. The summed E-state index contributed by atoms with van der Waals surface area (Å²) in [6.07, 6.45) is 6.06. The van der Waals surface area contributed by atoms with Crippen molar-refractivity contribution in [2.24, 2.45) is 16.2 Å². The van der Waals surface area contributed by atoms with Gasteiger partial charge in [0.2, 0.25) is 0 Å². The second kappa shape index (κ2) is 9.97. The van der Waals surface area contributed by atoms with Gasteiger partial charge in [0.1, 0.15) is 6.04 Å². The summed E-state index contributed by atoms with van der Waals surface area (Å²) in [6.45, 7) is 2.15. The molecule has 0 radical (unpaired) electrons. The number of nitrogens with two attached hydrogens (primary N) is 1. The van der Waals surface area contributed by atoms with Crippen LogP contribution in [0.25, 0.3) is 11.1 Å². The van der Waals surface area contributed by atoms with Crippen LogP contribution in [0.15, 0.2) is 44.4 Å². The van der Waals surface area contributed by atoms with Gasteiger partial charge in [0, 0.05) is 17.4 Å². The molecule has 2 heterocycles. The molecule has 3 rings (SSSR count). The highest BCUT2D eigenvalue weighted by Gasteiger charge is 2.31. The molecule has 3 N–H and O–H groups in total. The molecular formula is C21H25F2N5OS. The predicted octanol–water partition coefficient (Wildman–Crippen LogP) is 5.26. The predicted molar refractivity (Wildman–Crippen MR) is 115 cm³/mol. The number of aryl methyl sites for hydroxylation is 1. The molecule has 9 heteroatoms. The first-order valence-corrected chi connectivity index (χ1v) is 11.0. The molecule has 6 nitrogen and oxygen atoms in total. The molecule has 0 saturated heterocycles. The second-order valence-corrected chi connectivity index (χ2v) is 8.29. The molecule has 0 saturated carbocycles. The topological polar surface area (TPSA) is 96.6 Å². The lowest BCUT2D eigenvalue weighted by molar-refractivity contribution is 0.509. The summed E-state index contributed by atoms with van der Waals surface area (Å²) in [4.78, 5) is 12.9. The van der Waals surface area contributed by atoms with Crippen LogP contribution in [-0.2, 0) is 6.42 Å². The van der Waals surface area contributed by atoms with Crippen molar-refractivity contribution in [3.63, 3.8) is 0 Å². The zero-order valence-corrected chi connectivity index (χ0v) is 17.6. The third-order valence-electron chi connectivity index (χ3n) is 5.22. The molecule has 1 aromatic carbocycles. The lowest BCUT2D eigenvalue weighted by atomic mass is 9.96. The molecule has 2 aromatic rings. The van der Waals surface area contributed by atoms with Crippen molar-refractivity contribution < 1.29 is 8.78 Å². The highest BCUT2D eigenvalue weighted by Crippen LogP contribution is 2.41. The van der Waals surface area contributed by atoms with Crippen molar-refractivity contribution in [1.82, 2.24) is 4.57 Å². The first-order valence-electron chi connectivity index (χ1n) is 10.0. The zero-order valence-electron chi connectivity index (χ0n) is 16.8. The van der Waals surface area contributed by atoms with Crippen LogP contribution in [0.4, 0.5) is 8.78 Å². The quantitative estimate of drug-likeness (QED) is 0.148. The maximum absolute atomic E-state index is 14.0. The van der Waals surface area contributed by atoms with E-state index in [-0.39, 0.29) is 11.4 Å². The van der Waals surface area contributed by atoms with Crippen molar-refractivity contribution >= 4 is 17.6 Å². The summed E-state index contributed by atoms with van der Waals surface area (Å²) in [5, 5.41) is 15.4. The van der Waals surface area contributed by atoms with Gasteiger partial charge in [-0.05, 0) is 36.1 Å². The lowest BCUT2D eigenvalue weighted by Gasteiger charge is -2.17. The molecule has 30 heavy (non-hydrogen) atoms. The summed E-state index contributed by atoms with van der Waals surface area (Å²) in [7, 11) is 0. The van der Waals surface area contributed by atoms with Gasteiger partial charge in [-0.3, -0.25) is 14.8 Å². The fraction of sp³-hybridized carbons (Fsp3) is 0.429. The fourth-order valence-corrected chi connectivity index (χ4v) is 5.10. The molecule has 160 valence electrons. The first kappa shape index (κ1) is 22.1. The van der Waals surface area contributed by atoms with Gasteiger partial charge in [0.15, 0.2) is 17.5 Å². The van der Waals surface area contributed by atoms with Crippen LogP contribution in [0.3, 0.4) is 0 Å². The maximum Gasteiger partial charge on any atom is 0.252 e. The Hall–Kier alpha value is -2.55. The Morgan fingerprint density at radius 2 is 2.00 bits per heavy atom. The van der Waals surface area contributed by atoms with Crippen LogP contribution in [0.1, 0.15) is 50.6 Å². The number of unbranched alkanes of at least 4 members (excludes halogenated alkanes) is 4. The van der Waals surface area contributed by atoms with E-state index in [0.29, 0.717) is 28.3 Å². The van der Waals surface area contributed by atoms with E-state index in [1.165, 1.54) is 22.4 Å². The maximum atomic E-state index is 14.0. The number of hydrogen-bond acceptors (Lipinski definition) is 4. The standard InChI is InChI=1S/C21H25F2N5OS/c1-2-3-4-5-6-7-13-11-18(29)28-17(20(24)26-27-25)12-30-21(28)19(13)14-8-9-15(22)16(23)10-14/h8-11,17H,2-7,12H2,1H3,(H3,24,25,26)/t17-/m0/s1. The molecule has 0 spiro atoms. The van der Waals surface area contributed by atoms with E-state index in [4.69, 9.17) is 11.3 Å². The largest absolute Gasteiger partial charge is 0.305 e. The van der Waals surface area contributed by atoms with Gasteiger partial charge in [-0.2, -0.15) is 0 Å². The van der Waals surface area contributed by atoms with E-state index >= 15 is 0 Å². The number of nitrogens with one attached hydrogen (secondary N) is 1. The number of amidine groups is 1. The Labute approximate surface area is 178 Å². The van der Waals surface area contributed by atoms with Crippen LogP contribution in [-0.4, -0.2) is 16.2 Å². The molecule has 1 aliphatic heterocycles. The lowest BCUT2D eigenvalue weighted by Crippen LogP contribution is -2.28. The monoisotopic (exact) mass is 433 g/mol. The van der Waals surface area contributed by atoms with Gasteiger partial charge in [-0.15, -0.1) is 16.9 Å². The van der Waals surface area contributed by atoms with E-state index in [9.17, 15) is 13.6 Å². The molecule has 0 amide bonds. The molecule has 1 atom stereocenters. The Morgan fingerprint density at radius 3 is 2.70 bits per heavy atom. The number of thioether (sulfide) groups is 1. The number of halogens is 2. The van der Waals surface area contributed by atoms with E-state index in [0.717, 1.165) is 49.8 Å². The molecule has 0 unspecified atom stereocenters. The van der Waals surface area contributed by atoms with Gasteiger partial charge in [-0.25, -0.2) is 8.78 Å². The fourth-order valence-electron chi connectivity index (χ4n) is 3.72. The summed E-state index contributed by atoms with van der Waals surface area (Å²) in [5.41, 5.74) is 1.80. The number of nitrogens with zero attached hydrogens (tertiary/aromatic N) is 3. The minimum absolute atomic E-state index is 0.116. The SMILES string of the molecule is CCCCCCCc1cc(=O)n2c(c1-c1ccc(F)c(F)c1)SC[C@H]2C(=N)N=NN. The van der Waals surface area contributed by atoms with Gasteiger partial charge in [-0.1, -0.05) is 43.9 Å². The highest BCUT2D eigenvalue weighted by molar-refractivity contribution is 7.99. The normalized spacial score (nSPS) is 15.6. The van der Waals surface area contributed by atoms with Gasteiger partial charge in [0.25, 0.3) is 5.56 Å². The number of rotatable bonds is 8. The molecule has 0 aliphatic carbocycles. The van der Waals surface area contributed by atoms with Crippen molar-refractivity contribution in [1.29, 1.82) is 5.41 Å². The Bertz CT molecular complexity index is 1020. The number of pyridine rings is 1. The number of fused-ring (bicyclic) bond motifs is 1. The van der Waals surface area contributed by atoms with Crippen molar-refractivity contribution in [3.05, 3.63) is 51.8 Å². The average Bonchev–Trinajstić information content (AvgIpc) is 3.16. The number of aromatic nitrogens is 1. The van der Waals surface area contributed by atoms with E-state index in [2.05, 4.69) is 17.3 Å². The van der Waals surface area contributed by atoms with Crippen LogP contribution in [0.5, 0.6) is 0 Å². The van der Waals surface area contributed by atoms with Crippen molar-refractivity contribution in [2.75, 3.05) is 5.75 Å². The summed E-state index contributed by atoms with van der Waals surface area (Å²) >= 11 is 1.40. The van der Waals surface area contributed by atoms with Gasteiger partial charge < -0.3 is 5.84 Å². The van der Waals surface area contributed by atoms with E-state index in [1.807, 2.05) is 0 Å². The summed E-state index contributed by atoms with van der Waals surface area (Å²) in [6, 6.07) is 4.73. The van der Waals surface area contributed by atoms with Crippen LogP contribution < -0.4 is 11.4 Å². The average molecular weight is 434 g/mol. The minimum Gasteiger partial charge on any atom is -0.305 e. The van der Waals surface area contributed by atoms with Crippen LogP contribution in [0.2, 0.25) is 0 Å². The van der Waals surface area contributed by atoms with Gasteiger partial charge >= 0.3 is 0 Å².